The molecule has 26 heavy (non-hydrogen) atoms. The Hall–Kier alpha value is -1.22. The number of nitrogens with zero attached hydrogens (tertiary/aromatic N) is 1. The van der Waals surface area contributed by atoms with E-state index < -0.39 is 10.0 Å². The molecule has 1 heterocycles. The molecule has 2 fully saturated rings. The largest absolute Gasteiger partial charge is 0.379 e. The highest BCUT2D eigenvalue weighted by Crippen LogP contribution is 2.24. The summed E-state index contributed by atoms with van der Waals surface area (Å²) in [6.07, 6.45) is 4.89. The average molecular weight is 398 g/mol. The van der Waals surface area contributed by atoms with E-state index in [0.29, 0.717) is 48.3 Å². The molecule has 2 unspecified atom stereocenters. The number of thiocarbonyl (C=S) groups is 1. The van der Waals surface area contributed by atoms with Gasteiger partial charge in [0.05, 0.1) is 18.1 Å². The molecule has 1 saturated heterocycles. The highest BCUT2D eigenvalue weighted by atomic mass is 32.2. The Morgan fingerprint density at radius 3 is 2.46 bits per heavy atom. The number of morpholine rings is 1. The van der Waals surface area contributed by atoms with Gasteiger partial charge in [0.1, 0.15) is 0 Å². The lowest BCUT2D eigenvalue weighted by atomic mass is 9.86. The van der Waals surface area contributed by atoms with Crippen LogP contribution >= 0.6 is 12.2 Å². The van der Waals surface area contributed by atoms with Crippen LogP contribution in [0.5, 0.6) is 0 Å². The van der Waals surface area contributed by atoms with Gasteiger partial charge in [0, 0.05) is 24.8 Å². The van der Waals surface area contributed by atoms with Crippen LogP contribution in [0.15, 0.2) is 29.2 Å². The van der Waals surface area contributed by atoms with Crippen molar-refractivity contribution in [3.05, 3.63) is 24.3 Å². The van der Waals surface area contributed by atoms with E-state index in [1.165, 1.54) is 23.6 Å². The van der Waals surface area contributed by atoms with Crippen molar-refractivity contribution in [3.63, 3.8) is 0 Å². The summed E-state index contributed by atoms with van der Waals surface area (Å²) in [5.41, 5.74) is 0.784. The van der Waals surface area contributed by atoms with Crippen molar-refractivity contribution >= 4 is 33.0 Å². The molecule has 2 atom stereocenters. The highest BCUT2D eigenvalue weighted by Gasteiger charge is 2.26. The van der Waals surface area contributed by atoms with E-state index in [4.69, 9.17) is 17.0 Å². The van der Waals surface area contributed by atoms with Crippen molar-refractivity contribution in [1.29, 1.82) is 0 Å². The number of ether oxygens (including phenoxy) is 1. The third kappa shape index (κ3) is 4.73. The van der Waals surface area contributed by atoms with Crippen LogP contribution in [0.2, 0.25) is 0 Å². The SMILES string of the molecule is CC1CCCCC1NC(=S)Nc1ccc(S(=O)(=O)N2CCOCC2)cc1. The second-order valence-corrected chi connectivity index (χ2v) is 9.35. The smallest absolute Gasteiger partial charge is 0.243 e. The number of sulfonamides is 1. The van der Waals surface area contributed by atoms with Gasteiger partial charge in [-0.1, -0.05) is 19.8 Å². The predicted molar refractivity (Wildman–Crippen MR) is 107 cm³/mol. The van der Waals surface area contributed by atoms with Gasteiger partial charge < -0.3 is 15.4 Å². The maximum absolute atomic E-state index is 12.6. The van der Waals surface area contributed by atoms with Gasteiger partial charge in [-0.15, -0.1) is 0 Å². The van der Waals surface area contributed by atoms with Gasteiger partial charge in [-0.2, -0.15) is 4.31 Å². The lowest BCUT2D eigenvalue weighted by molar-refractivity contribution is 0.0730. The molecule has 2 aliphatic rings. The Balaban J connectivity index is 1.59. The molecule has 0 amide bonds. The summed E-state index contributed by atoms with van der Waals surface area (Å²) in [6.45, 7) is 3.94. The molecule has 0 spiro atoms. The van der Waals surface area contributed by atoms with E-state index in [9.17, 15) is 8.42 Å². The Morgan fingerprint density at radius 1 is 1.15 bits per heavy atom. The van der Waals surface area contributed by atoms with E-state index in [1.807, 2.05) is 0 Å². The second kappa shape index (κ2) is 8.65. The zero-order valence-corrected chi connectivity index (χ0v) is 16.7. The fourth-order valence-electron chi connectivity index (χ4n) is 3.51. The standard InChI is InChI=1S/C18H27N3O3S2/c1-14-4-2-3-5-17(14)20-18(25)19-15-6-8-16(9-7-15)26(22,23)21-10-12-24-13-11-21/h6-9,14,17H,2-5,10-13H2,1H3,(H2,19,20,25). The normalized spacial score (nSPS) is 24.8. The molecule has 1 aromatic rings. The van der Waals surface area contributed by atoms with Gasteiger partial charge >= 0.3 is 0 Å². The van der Waals surface area contributed by atoms with Gasteiger partial charge in [0.15, 0.2) is 5.11 Å². The van der Waals surface area contributed by atoms with Crippen molar-refractivity contribution in [2.75, 3.05) is 31.6 Å². The fourth-order valence-corrected chi connectivity index (χ4v) is 5.19. The molecule has 2 N–H and O–H groups in total. The van der Waals surface area contributed by atoms with E-state index in [1.54, 1.807) is 24.3 Å². The van der Waals surface area contributed by atoms with Gasteiger partial charge in [-0.3, -0.25) is 0 Å². The Morgan fingerprint density at radius 2 is 1.81 bits per heavy atom. The second-order valence-electron chi connectivity index (χ2n) is 7.01. The van der Waals surface area contributed by atoms with Gasteiger partial charge in [-0.25, -0.2) is 8.42 Å². The van der Waals surface area contributed by atoms with Crippen molar-refractivity contribution < 1.29 is 13.2 Å². The number of anilines is 1. The van der Waals surface area contributed by atoms with E-state index >= 15 is 0 Å². The Labute approximate surface area is 161 Å². The van der Waals surface area contributed by atoms with Crippen LogP contribution in [0.25, 0.3) is 0 Å². The summed E-state index contributed by atoms with van der Waals surface area (Å²) < 4.78 is 32.0. The molecular weight excluding hydrogens is 370 g/mol. The lowest BCUT2D eigenvalue weighted by Gasteiger charge is -2.30. The first-order valence-corrected chi connectivity index (χ1v) is 11.1. The predicted octanol–water partition coefficient (Wildman–Crippen LogP) is 2.57. The zero-order chi connectivity index (χ0) is 18.6. The van der Waals surface area contributed by atoms with Crippen molar-refractivity contribution in [3.8, 4) is 0 Å². The summed E-state index contributed by atoms with van der Waals surface area (Å²) in [6, 6.07) is 7.17. The first-order chi connectivity index (χ1) is 12.5. The molecule has 1 aromatic carbocycles. The average Bonchev–Trinajstić information content (AvgIpc) is 2.65. The van der Waals surface area contributed by atoms with Crippen molar-refractivity contribution in [1.82, 2.24) is 9.62 Å². The molecule has 0 radical (unpaired) electrons. The summed E-state index contributed by atoms with van der Waals surface area (Å²) in [7, 11) is -3.46. The molecule has 0 aromatic heterocycles. The Kier molecular flexibility index (Phi) is 6.50. The van der Waals surface area contributed by atoms with Crippen molar-refractivity contribution in [2.24, 2.45) is 5.92 Å². The maximum atomic E-state index is 12.6. The number of benzene rings is 1. The first-order valence-electron chi connectivity index (χ1n) is 9.22. The minimum Gasteiger partial charge on any atom is -0.379 e. The summed E-state index contributed by atoms with van der Waals surface area (Å²) in [4.78, 5) is 0.296. The zero-order valence-electron chi connectivity index (χ0n) is 15.1. The Bertz CT molecular complexity index is 716. The minimum atomic E-state index is -3.46. The van der Waals surface area contributed by atoms with E-state index in [2.05, 4.69) is 17.6 Å². The van der Waals surface area contributed by atoms with E-state index in [-0.39, 0.29) is 0 Å². The summed E-state index contributed by atoms with van der Waals surface area (Å²) >= 11 is 5.42. The number of rotatable bonds is 4. The molecule has 8 heteroatoms. The highest BCUT2D eigenvalue weighted by molar-refractivity contribution is 7.89. The van der Waals surface area contributed by atoms with E-state index in [0.717, 1.165) is 12.1 Å². The van der Waals surface area contributed by atoms with Crippen LogP contribution in [0.3, 0.4) is 0 Å². The third-order valence-electron chi connectivity index (χ3n) is 5.15. The van der Waals surface area contributed by atoms with Crippen LogP contribution in [-0.4, -0.2) is 50.2 Å². The van der Waals surface area contributed by atoms with Crippen LogP contribution in [-0.2, 0) is 14.8 Å². The van der Waals surface area contributed by atoms with Crippen LogP contribution < -0.4 is 10.6 Å². The van der Waals surface area contributed by atoms with Crippen LogP contribution in [0, 0.1) is 5.92 Å². The first kappa shape index (κ1) is 19.5. The van der Waals surface area contributed by atoms with Crippen molar-refractivity contribution in [2.45, 2.75) is 43.5 Å². The lowest BCUT2D eigenvalue weighted by Crippen LogP contribution is -2.43. The molecule has 1 aliphatic heterocycles. The quantitative estimate of drug-likeness (QED) is 0.761. The molecule has 144 valence electrons. The van der Waals surface area contributed by atoms with Gasteiger partial charge in [0.2, 0.25) is 10.0 Å². The third-order valence-corrected chi connectivity index (χ3v) is 7.28. The van der Waals surface area contributed by atoms with Gasteiger partial charge in [-0.05, 0) is 55.2 Å². The number of hydrogen-bond donors (Lipinski definition) is 2. The molecule has 0 bridgehead atoms. The van der Waals surface area contributed by atoms with Crippen LogP contribution in [0.1, 0.15) is 32.6 Å². The molecular formula is C18H27N3O3S2. The number of hydrogen-bond acceptors (Lipinski definition) is 4. The number of nitrogens with one attached hydrogen (secondary N) is 2. The fraction of sp³-hybridized carbons (Fsp3) is 0.611. The minimum absolute atomic E-state index is 0.296. The monoisotopic (exact) mass is 397 g/mol. The maximum Gasteiger partial charge on any atom is 0.243 e. The van der Waals surface area contributed by atoms with Gasteiger partial charge in [0.25, 0.3) is 0 Å². The topological polar surface area (TPSA) is 70.7 Å². The molecule has 3 rings (SSSR count). The molecule has 1 saturated carbocycles. The molecule has 1 aliphatic carbocycles. The summed E-state index contributed by atoms with van der Waals surface area (Å²) in [5.74, 6) is 0.615. The molecule has 6 nitrogen and oxygen atoms in total. The van der Waals surface area contributed by atoms with Crippen LogP contribution in [0.4, 0.5) is 5.69 Å². The summed E-state index contributed by atoms with van der Waals surface area (Å²) in [5, 5.41) is 7.14.